The quantitative estimate of drug-likeness (QED) is 0.444. The number of ether oxygens (including phenoxy) is 1. The summed E-state index contributed by atoms with van der Waals surface area (Å²) >= 11 is 0. The lowest BCUT2D eigenvalue weighted by Crippen LogP contribution is -2.43. The molecule has 2 rings (SSSR count). The third-order valence-electron chi connectivity index (χ3n) is 5.29. The van der Waals surface area contributed by atoms with E-state index in [1.807, 2.05) is 0 Å². The van der Waals surface area contributed by atoms with E-state index in [2.05, 4.69) is 24.8 Å². The first-order chi connectivity index (χ1) is 12.0. The van der Waals surface area contributed by atoms with Gasteiger partial charge in [0.2, 0.25) is 0 Å². The van der Waals surface area contributed by atoms with Gasteiger partial charge in [0.15, 0.2) is 0 Å². The van der Waals surface area contributed by atoms with Crippen molar-refractivity contribution in [3.05, 3.63) is 11.8 Å². The molecule has 2 saturated heterocycles. The van der Waals surface area contributed by atoms with E-state index in [0.717, 1.165) is 12.8 Å². The van der Waals surface area contributed by atoms with E-state index < -0.39 is 0 Å². The molecule has 1 amide bonds. The number of nitriles is 1. The summed E-state index contributed by atoms with van der Waals surface area (Å²) in [5.74, 6) is -0.544. The molecule has 0 aliphatic carbocycles. The monoisotopic (exact) mass is 347 g/mol. The minimum absolute atomic E-state index is 0.138. The number of carbonyl (C=O) groups is 2. The highest BCUT2D eigenvalue weighted by Crippen LogP contribution is 2.25. The summed E-state index contributed by atoms with van der Waals surface area (Å²) < 4.78 is 5.06. The Morgan fingerprint density at radius 2 is 1.76 bits per heavy atom. The van der Waals surface area contributed by atoms with Crippen LogP contribution in [0.1, 0.15) is 52.9 Å². The fraction of sp³-hybridized carbons (Fsp3) is 0.737. The van der Waals surface area contributed by atoms with Gasteiger partial charge in [-0.2, -0.15) is 5.26 Å². The Hall–Kier alpha value is -2.03. The minimum Gasteiger partial charge on any atom is -0.466 e. The van der Waals surface area contributed by atoms with Crippen LogP contribution in [0.25, 0.3) is 0 Å². The van der Waals surface area contributed by atoms with Crippen LogP contribution >= 0.6 is 0 Å². The molecule has 6 nitrogen and oxygen atoms in total. The second-order valence-electron chi connectivity index (χ2n) is 7.05. The number of carbonyl (C=O) groups excluding carboxylic acids is 2. The minimum atomic E-state index is -0.227. The van der Waals surface area contributed by atoms with Crippen LogP contribution in [-0.2, 0) is 14.3 Å². The standard InChI is InChI=1S/C19H29N3O3/c1-4-25-19(24)16-8-10-21(11-9-16)18(23)17(12-20)13-22-14(2)6-5-7-15(22)3/h13-16H,4-11H2,1-3H3/b17-13-. The van der Waals surface area contributed by atoms with E-state index in [-0.39, 0.29) is 23.4 Å². The van der Waals surface area contributed by atoms with Gasteiger partial charge in [0.25, 0.3) is 5.91 Å². The van der Waals surface area contributed by atoms with Crippen LogP contribution in [0.4, 0.5) is 0 Å². The van der Waals surface area contributed by atoms with Crippen molar-refractivity contribution in [3.8, 4) is 6.07 Å². The van der Waals surface area contributed by atoms with E-state index >= 15 is 0 Å². The maximum Gasteiger partial charge on any atom is 0.309 e. The lowest BCUT2D eigenvalue weighted by Gasteiger charge is -2.38. The molecule has 2 atom stereocenters. The van der Waals surface area contributed by atoms with Crippen molar-refractivity contribution in [3.63, 3.8) is 0 Å². The van der Waals surface area contributed by atoms with Gasteiger partial charge in [-0.1, -0.05) is 0 Å². The summed E-state index contributed by atoms with van der Waals surface area (Å²) in [5, 5.41) is 9.47. The van der Waals surface area contributed by atoms with Gasteiger partial charge in [-0.15, -0.1) is 0 Å². The molecular formula is C19H29N3O3. The largest absolute Gasteiger partial charge is 0.466 e. The number of amides is 1. The van der Waals surface area contributed by atoms with E-state index in [1.54, 1.807) is 18.0 Å². The van der Waals surface area contributed by atoms with Crippen LogP contribution in [0.15, 0.2) is 11.8 Å². The normalized spacial score (nSPS) is 25.4. The first-order valence-electron chi connectivity index (χ1n) is 9.33. The molecule has 2 aliphatic heterocycles. The van der Waals surface area contributed by atoms with E-state index in [4.69, 9.17) is 4.74 Å². The summed E-state index contributed by atoms with van der Waals surface area (Å²) in [4.78, 5) is 28.3. The maximum atomic E-state index is 12.7. The van der Waals surface area contributed by atoms with Crippen LogP contribution in [0.2, 0.25) is 0 Å². The molecule has 0 bridgehead atoms. The van der Waals surface area contributed by atoms with Gasteiger partial charge in [-0.25, -0.2) is 0 Å². The molecule has 138 valence electrons. The van der Waals surface area contributed by atoms with Crippen LogP contribution in [0, 0.1) is 17.2 Å². The third-order valence-corrected chi connectivity index (χ3v) is 5.29. The number of likely N-dealkylation sites (tertiary alicyclic amines) is 2. The smallest absolute Gasteiger partial charge is 0.309 e. The zero-order chi connectivity index (χ0) is 18.4. The van der Waals surface area contributed by atoms with Crippen molar-refractivity contribution in [2.75, 3.05) is 19.7 Å². The first kappa shape index (κ1) is 19.3. The van der Waals surface area contributed by atoms with Crippen molar-refractivity contribution in [1.29, 1.82) is 5.26 Å². The number of hydrogen-bond donors (Lipinski definition) is 0. The van der Waals surface area contributed by atoms with Crippen molar-refractivity contribution >= 4 is 11.9 Å². The Labute approximate surface area is 150 Å². The SMILES string of the molecule is CCOC(=O)C1CCN(C(=O)/C(C#N)=C\N2C(C)CCCC2C)CC1. The molecule has 0 spiro atoms. The predicted molar refractivity (Wildman–Crippen MR) is 94.2 cm³/mol. The second-order valence-corrected chi connectivity index (χ2v) is 7.05. The first-order valence-corrected chi connectivity index (χ1v) is 9.33. The molecule has 2 fully saturated rings. The zero-order valence-corrected chi connectivity index (χ0v) is 15.5. The molecule has 0 N–H and O–H groups in total. The van der Waals surface area contributed by atoms with Gasteiger partial charge >= 0.3 is 5.97 Å². The van der Waals surface area contributed by atoms with Crippen molar-refractivity contribution < 1.29 is 14.3 Å². The van der Waals surface area contributed by atoms with Gasteiger partial charge in [-0.05, 0) is 52.9 Å². The van der Waals surface area contributed by atoms with Gasteiger partial charge in [0.05, 0.1) is 12.5 Å². The Balaban J connectivity index is 2.00. The van der Waals surface area contributed by atoms with Crippen LogP contribution in [0.3, 0.4) is 0 Å². The Morgan fingerprint density at radius 1 is 1.16 bits per heavy atom. The Bertz CT molecular complexity index is 549. The third kappa shape index (κ3) is 4.75. The lowest BCUT2D eigenvalue weighted by atomic mass is 9.96. The van der Waals surface area contributed by atoms with Gasteiger partial charge in [0.1, 0.15) is 11.6 Å². The summed E-state index contributed by atoms with van der Waals surface area (Å²) in [6, 6.07) is 2.76. The molecule has 0 aromatic heterocycles. The molecule has 0 aromatic rings. The number of rotatable bonds is 4. The molecule has 2 unspecified atom stereocenters. The Kier molecular flexibility index (Phi) is 6.86. The summed E-state index contributed by atoms with van der Waals surface area (Å²) in [5.41, 5.74) is 0.190. The van der Waals surface area contributed by atoms with Gasteiger partial charge in [-0.3, -0.25) is 9.59 Å². The molecule has 25 heavy (non-hydrogen) atoms. The number of esters is 1. The van der Waals surface area contributed by atoms with Crippen molar-refractivity contribution in [2.45, 2.75) is 65.0 Å². The van der Waals surface area contributed by atoms with E-state index in [9.17, 15) is 14.9 Å². The van der Waals surface area contributed by atoms with E-state index in [1.165, 1.54) is 6.42 Å². The highest BCUT2D eigenvalue weighted by atomic mass is 16.5. The van der Waals surface area contributed by atoms with Crippen molar-refractivity contribution in [2.24, 2.45) is 5.92 Å². The molecular weight excluding hydrogens is 318 g/mol. The highest BCUT2D eigenvalue weighted by molar-refractivity contribution is 5.97. The lowest BCUT2D eigenvalue weighted by molar-refractivity contribution is -0.150. The van der Waals surface area contributed by atoms with Crippen LogP contribution < -0.4 is 0 Å². The fourth-order valence-corrected chi connectivity index (χ4v) is 3.73. The van der Waals surface area contributed by atoms with Crippen LogP contribution in [0.5, 0.6) is 0 Å². The van der Waals surface area contributed by atoms with Crippen LogP contribution in [-0.4, -0.2) is 53.5 Å². The van der Waals surface area contributed by atoms with Gasteiger partial charge in [0, 0.05) is 31.4 Å². The number of nitrogens with zero attached hydrogens (tertiary/aromatic N) is 3. The summed E-state index contributed by atoms with van der Waals surface area (Å²) in [7, 11) is 0. The Morgan fingerprint density at radius 3 is 2.28 bits per heavy atom. The van der Waals surface area contributed by atoms with Crippen molar-refractivity contribution in [1.82, 2.24) is 9.80 Å². The predicted octanol–water partition coefficient (Wildman–Crippen LogP) is 2.46. The fourth-order valence-electron chi connectivity index (χ4n) is 3.73. The molecule has 0 aromatic carbocycles. The number of piperidine rings is 2. The molecule has 2 aliphatic rings. The maximum absolute atomic E-state index is 12.7. The molecule has 0 radical (unpaired) electrons. The number of hydrogen-bond acceptors (Lipinski definition) is 5. The van der Waals surface area contributed by atoms with E-state index in [0.29, 0.717) is 44.6 Å². The highest BCUT2D eigenvalue weighted by Gasteiger charge is 2.30. The topological polar surface area (TPSA) is 73.6 Å². The zero-order valence-electron chi connectivity index (χ0n) is 15.5. The average molecular weight is 347 g/mol. The van der Waals surface area contributed by atoms with Gasteiger partial charge < -0.3 is 14.5 Å². The molecule has 0 saturated carbocycles. The second kappa shape index (κ2) is 8.89. The molecule has 2 heterocycles. The molecule has 6 heteroatoms. The summed E-state index contributed by atoms with van der Waals surface area (Å²) in [6.07, 6.45) is 6.29. The summed E-state index contributed by atoms with van der Waals surface area (Å²) in [6.45, 7) is 7.43. The average Bonchev–Trinajstić information content (AvgIpc) is 2.61.